The number of nitrogens with zero attached hydrogens (tertiary/aromatic N) is 2. The first-order valence-corrected chi connectivity index (χ1v) is 14.6. The second-order valence-corrected chi connectivity index (χ2v) is 13.0. The SMILES string of the molecule is CC(C)(C)OC(=O)N[C@@H]1Cc2ncc(NC(=O)c3c(Cl)cccc3Cl)cc2N(S(=O)(=O)c2cccc(C(F)(F)F)c2)C1. The van der Waals surface area contributed by atoms with Crippen LogP contribution in [-0.4, -0.2) is 43.6 Å². The van der Waals surface area contributed by atoms with Crippen LogP contribution in [0.4, 0.5) is 29.3 Å². The van der Waals surface area contributed by atoms with Crippen LogP contribution < -0.4 is 14.9 Å². The zero-order valence-corrected chi connectivity index (χ0v) is 24.7. The molecule has 0 fully saturated rings. The maximum absolute atomic E-state index is 13.8. The Balaban J connectivity index is 1.74. The summed E-state index contributed by atoms with van der Waals surface area (Å²) in [4.78, 5) is 29.1. The van der Waals surface area contributed by atoms with Gasteiger partial charge in [0.2, 0.25) is 0 Å². The highest BCUT2D eigenvalue weighted by Crippen LogP contribution is 2.36. The molecule has 9 nitrogen and oxygen atoms in total. The zero-order valence-electron chi connectivity index (χ0n) is 22.4. The summed E-state index contributed by atoms with van der Waals surface area (Å²) in [7, 11) is -4.63. The Kier molecular flexibility index (Phi) is 8.68. The third-order valence-corrected chi connectivity index (χ3v) is 8.37. The van der Waals surface area contributed by atoms with Gasteiger partial charge in [-0.15, -0.1) is 0 Å². The van der Waals surface area contributed by atoms with Gasteiger partial charge in [-0.1, -0.05) is 35.3 Å². The van der Waals surface area contributed by atoms with Crippen molar-refractivity contribution in [1.29, 1.82) is 0 Å². The molecule has 2 aromatic carbocycles. The first kappa shape index (κ1) is 31.4. The van der Waals surface area contributed by atoms with Crippen LogP contribution in [0.2, 0.25) is 10.0 Å². The normalized spacial score (nSPS) is 15.5. The van der Waals surface area contributed by atoms with Gasteiger partial charge in [0.05, 0.1) is 61.9 Å². The number of alkyl halides is 3. The van der Waals surface area contributed by atoms with Crippen molar-refractivity contribution < 1.29 is 35.9 Å². The molecule has 1 aliphatic heterocycles. The molecule has 224 valence electrons. The average Bonchev–Trinajstić information content (AvgIpc) is 2.86. The lowest BCUT2D eigenvalue weighted by molar-refractivity contribution is -0.137. The van der Waals surface area contributed by atoms with E-state index in [2.05, 4.69) is 15.6 Å². The first-order valence-electron chi connectivity index (χ1n) is 12.4. The second-order valence-electron chi connectivity index (χ2n) is 10.3. The number of aromatic nitrogens is 1. The van der Waals surface area contributed by atoms with Crippen molar-refractivity contribution in [3.05, 3.63) is 81.6 Å². The van der Waals surface area contributed by atoms with E-state index in [-0.39, 0.29) is 45.6 Å². The molecule has 0 saturated heterocycles. The topological polar surface area (TPSA) is 118 Å². The van der Waals surface area contributed by atoms with E-state index < -0.39 is 50.3 Å². The molecule has 2 heterocycles. The number of benzene rings is 2. The Morgan fingerprint density at radius 3 is 2.31 bits per heavy atom. The van der Waals surface area contributed by atoms with Gasteiger partial charge >= 0.3 is 12.3 Å². The van der Waals surface area contributed by atoms with Gasteiger partial charge in [0.25, 0.3) is 15.9 Å². The molecule has 0 unspecified atom stereocenters. The van der Waals surface area contributed by atoms with Crippen LogP contribution in [0.1, 0.15) is 42.4 Å². The van der Waals surface area contributed by atoms with E-state index in [0.717, 1.165) is 22.5 Å². The molecule has 0 radical (unpaired) electrons. The molecule has 15 heteroatoms. The number of halogens is 5. The number of carbonyl (C=O) groups is 2. The maximum atomic E-state index is 13.8. The average molecular weight is 645 g/mol. The summed E-state index contributed by atoms with van der Waals surface area (Å²) in [6.07, 6.45) is -4.27. The largest absolute Gasteiger partial charge is 0.444 e. The lowest BCUT2D eigenvalue weighted by Crippen LogP contribution is -2.51. The minimum absolute atomic E-state index is 0.00212. The van der Waals surface area contributed by atoms with Crippen LogP contribution in [0, 0.1) is 0 Å². The summed E-state index contributed by atoms with van der Waals surface area (Å²) in [5.41, 5.74) is -1.74. The minimum Gasteiger partial charge on any atom is -0.444 e. The molecule has 3 aromatic rings. The summed E-state index contributed by atoms with van der Waals surface area (Å²) in [6.45, 7) is 4.60. The number of amides is 2. The molecule has 2 amide bonds. The number of rotatable bonds is 5. The summed E-state index contributed by atoms with van der Waals surface area (Å²) >= 11 is 12.3. The van der Waals surface area contributed by atoms with Crippen molar-refractivity contribution in [2.45, 2.75) is 49.9 Å². The quantitative estimate of drug-likeness (QED) is 0.336. The molecular weight excluding hydrogens is 620 g/mol. The van der Waals surface area contributed by atoms with Crippen LogP contribution in [-0.2, 0) is 27.4 Å². The number of anilines is 2. The highest BCUT2D eigenvalue weighted by molar-refractivity contribution is 7.92. The van der Waals surface area contributed by atoms with Crippen molar-refractivity contribution in [3.63, 3.8) is 0 Å². The van der Waals surface area contributed by atoms with Crippen molar-refractivity contribution in [2.75, 3.05) is 16.2 Å². The van der Waals surface area contributed by atoms with Gasteiger partial charge in [-0.25, -0.2) is 13.2 Å². The minimum atomic E-state index is -4.79. The van der Waals surface area contributed by atoms with E-state index in [1.807, 2.05) is 0 Å². The van der Waals surface area contributed by atoms with Crippen LogP contribution in [0.25, 0.3) is 0 Å². The third kappa shape index (κ3) is 7.08. The number of carbonyl (C=O) groups excluding carboxylic acids is 2. The molecule has 1 aromatic heterocycles. The number of alkyl carbamates (subject to hydrolysis) is 1. The van der Waals surface area contributed by atoms with Gasteiger partial charge in [-0.3, -0.25) is 14.1 Å². The molecule has 2 N–H and O–H groups in total. The van der Waals surface area contributed by atoms with Gasteiger partial charge in [0.15, 0.2) is 0 Å². The number of sulfonamides is 1. The van der Waals surface area contributed by atoms with E-state index >= 15 is 0 Å². The monoisotopic (exact) mass is 644 g/mol. The van der Waals surface area contributed by atoms with E-state index in [1.165, 1.54) is 24.4 Å². The number of pyridine rings is 1. The van der Waals surface area contributed by atoms with Crippen LogP contribution >= 0.6 is 23.2 Å². The van der Waals surface area contributed by atoms with Gasteiger partial charge in [-0.2, -0.15) is 13.2 Å². The highest BCUT2D eigenvalue weighted by Gasteiger charge is 2.38. The molecule has 0 bridgehead atoms. The van der Waals surface area contributed by atoms with E-state index in [0.29, 0.717) is 6.07 Å². The van der Waals surface area contributed by atoms with Gasteiger partial charge in [0.1, 0.15) is 5.60 Å². The molecule has 1 atom stereocenters. The van der Waals surface area contributed by atoms with E-state index in [4.69, 9.17) is 27.9 Å². The molecule has 42 heavy (non-hydrogen) atoms. The number of nitrogens with one attached hydrogen (secondary N) is 2. The molecule has 4 rings (SSSR count). The molecular formula is C27H25Cl2F3N4O5S. The number of hydrogen-bond acceptors (Lipinski definition) is 6. The summed E-state index contributed by atoms with van der Waals surface area (Å²) in [5.74, 6) is -0.695. The summed E-state index contributed by atoms with van der Waals surface area (Å²) in [5, 5.41) is 5.33. The highest BCUT2D eigenvalue weighted by atomic mass is 35.5. The van der Waals surface area contributed by atoms with Crippen LogP contribution in [0.5, 0.6) is 0 Å². The van der Waals surface area contributed by atoms with Crippen LogP contribution in [0.3, 0.4) is 0 Å². The van der Waals surface area contributed by atoms with E-state index in [1.54, 1.807) is 26.8 Å². The third-order valence-electron chi connectivity index (χ3n) is 5.96. The standard InChI is InChI=1S/C27H25Cl2F3N4O5S/c1-26(2,3)41-25(38)35-17-11-21-22(12-16(13-33-21)34-24(37)23-19(28)8-5-9-20(23)29)36(14-17)42(39,40)18-7-4-6-15(10-18)27(30,31)32/h4-10,12-13,17H,11,14H2,1-3H3,(H,34,37)(H,35,38)/t17-/m1/s1. The first-order chi connectivity index (χ1) is 19.5. The van der Waals surface area contributed by atoms with Gasteiger partial charge in [-0.05, 0) is 57.2 Å². The predicted molar refractivity (Wildman–Crippen MR) is 151 cm³/mol. The van der Waals surface area contributed by atoms with E-state index in [9.17, 15) is 31.2 Å². The van der Waals surface area contributed by atoms with Crippen LogP contribution in [0.15, 0.2) is 59.6 Å². The molecule has 0 saturated carbocycles. The number of ether oxygens (including phenoxy) is 1. The van der Waals surface area contributed by atoms with Crippen molar-refractivity contribution in [3.8, 4) is 0 Å². The fourth-order valence-electron chi connectivity index (χ4n) is 4.19. The smallest absolute Gasteiger partial charge is 0.416 e. The van der Waals surface area contributed by atoms with Crippen molar-refractivity contribution >= 4 is 56.6 Å². The predicted octanol–water partition coefficient (Wildman–Crippen LogP) is 6.30. The zero-order chi connectivity index (χ0) is 31.0. The van der Waals surface area contributed by atoms with Crippen molar-refractivity contribution in [2.24, 2.45) is 0 Å². The fourth-order valence-corrected chi connectivity index (χ4v) is 6.33. The Bertz CT molecular complexity index is 1630. The number of hydrogen-bond donors (Lipinski definition) is 2. The van der Waals surface area contributed by atoms with Gasteiger partial charge in [0, 0.05) is 6.42 Å². The Morgan fingerprint density at radius 2 is 1.69 bits per heavy atom. The lowest BCUT2D eigenvalue weighted by Gasteiger charge is -2.35. The Hall–Kier alpha value is -3.55. The Labute approximate surface area is 250 Å². The molecule has 0 aliphatic carbocycles. The fraction of sp³-hybridized carbons (Fsp3) is 0.296. The molecule has 0 spiro atoms. The maximum Gasteiger partial charge on any atom is 0.416 e. The van der Waals surface area contributed by atoms with Crippen molar-refractivity contribution in [1.82, 2.24) is 10.3 Å². The second kappa shape index (κ2) is 11.6. The summed E-state index contributed by atoms with van der Waals surface area (Å²) < 4.78 is 73.9. The Morgan fingerprint density at radius 1 is 1.05 bits per heavy atom. The summed E-state index contributed by atoms with van der Waals surface area (Å²) in [6, 6.07) is 8.27. The number of fused-ring (bicyclic) bond motifs is 1. The molecule has 1 aliphatic rings. The lowest BCUT2D eigenvalue weighted by atomic mass is 10.0. The van der Waals surface area contributed by atoms with Gasteiger partial charge < -0.3 is 15.4 Å².